The molecule has 1 aliphatic rings. The molecule has 1 fully saturated rings. The molecule has 2 rings (SSSR count). The van der Waals surface area contributed by atoms with Crippen molar-refractivity contribution in [1.82, 2.24) is 0 Å². The molecule has 1 aliphatic heterocycles. The van der Waals surface area contributed by atoms with E-state index in [2.05, 4.69) is 0 Å². The van der Waals surface area contributed by atoms with Gasteiger partial charge in [-0.25, -0.2) is 0 Å². The summed E-state index contributed by atoms with van der Waals surface area (Å²) < 4.78 is 10.2. The van der Waals surface area contributed by atoms with E-state index in [0.29, 0.717) is 6.42 Å². The molecule has 6 nitrogen and oxygen atoms in total. The summed E-state index contributed by atoms with van der Waals surface area (Å²) in [5.41, 5.74) is 0.107. The largest absolute Gasteiger partial charge is 0.527 e. The van der Waals surface area contributed by atoms with Crippen LogP contribution in [0.1, 0.15) is 39.7 Å². The van der Waals surface area contributed by atoms with Crippen molar-refractivity contribution >= 4 is 12.2 Å². The average Bonchev–Trinajstić information content (AvgIpc) is 2.81. The van der Waals surface area contributed by atoms with Gasteiger partial charge in [-0.15, -0.1) is 4.48 Å². The van der Waals surface area contributed by atoms with E-state index in [0.717, 1.165) is 5.56 Å². The van der Waals surface area contributed by atoms with Crippen LogP contribution in [-0.2, 0) is 16.1 Å². The minimum absolute atomic E-state index is 0.0747. The highest BCUT2D eigenvalue weighted by molar-refractivity contribution is 5.77. The Hall–Kier alpha value is -1.92. The van der Waals surface area contributed by atoms with E-state index >= 15 is 0 Å². The lowest BCUT2D eigenvalue weighted by Gasteiger charge is -2.33. The van der Waals surface area contributed by atoms with Crippen LogP contribution in [0.4, 0.5) is 9.59 Å². The van der Waals surface area contributed by atoms with Gasteiger partial charge >= 0.3 is 12.2 Å². The van der Waals surface area contributed by atoms with Gasteiger partial charge in [-0.2, -0.15) is 9.59 Å². The fourth-order valence-corrected chi connectivity index (χ4v) is 2.84. The first-order valence-electron chi connectivity index (χ1n) is 8.17. The molecule has 24 heavy (non-hydrogen) atoms. The Morgan fingerprint density at radius 1 is 1.21 bits per heavy atom. The van der Waals surface area contributed by atoms with Crippen molar-refractivity contribution in [2.45, 2.75) is 58.5 Å². The van der Waals surface area contributed by atoms with E-state index in [4.69, 9.17) is 9.47 Å². The zero-order valence-corrected chi connectivity index (χ0v) is 14.7. The van der Waals surface area contributed by atoms with Crippen LogP contribution >= 0.6 is 0 Å². The number of ether oxygens (including phenoxy) is 2. The van der Waals surface area contributed by atoms with E-state index < -0.39 is 34.4 Å². The Morgan fingerprint density at radius 2 is 1.83 bits per heavy atom. The maximum atomic E-state index is 12.8. The van der Waals surface area contributed by atoms with Gasteiger partial charge in [0.1, 0.15) is 30.9 Å². The van der Waals surface area contributed by atoms with Crippen LogP contribution in [-0.4, -0.2) is 46.1 Å². The number of hydrogen-bond donors (Lipinski definition) is 1. The first-order chi connectivity index (χ1) is 11.2. The second kappa shape index (κ2) is 6.91. The molecule has 0 bridgehead atoms. The van der Waals surface area contributed by atoms with Gasteiger partial charge in [-0.3, -0.25) is 0 Å². The third-order valence-electron chi connectivity index (χ3n) is 4.28. The van der Waals surface area contributed by atoms with Gasteiger partial charge in [0.25, 0.3) is 0 Å². The molecule has 0 radical (unpaired) electrons. The molecule has 1 aromatic rings. The zero-order valence-electron chi connectivity index (χ0n) is 14.7. The molecule has 0 spiro atoms. The van der Waals surface area contributed by atoms with Crippen LogP contribution in [0, 0.1) is 0 Å². The predicted molar refractivity (Wildman–Crippen MR) is 88.1 cm³/mol. The van der Waals surface area contributed by atoms with Crippen molar-refractivity contribution in [2.75, 3.05) is 6.54 Å². The average molecular weight is 336 g/mol. The van der Waals surface area contributed by atoms with Gasteiger partial charge < -0.3 is 14.6 Å². The Bertz CT molecular complexity index is 595. The molecule has 1 aromatic carbocycles. The number of likely N-dealkylation sites (tertiary alicyclic amines) is 1. The molecule has 1 N–H and O–H groups in total. The van der Waals surface area contributed by atoms with Gasteiger partial charge in [0.2, 0.25) is 0 Å². The van der Waals surface area contributed by atoms with E-state index in [1.54, 1.807) is 27.7 Å². The van der Waals surface area contributed by atoms with Crippen molar-refractivity contribution < 1.29 is 28.7 Å². The first kappa shape index (κ1) is 18.4. The molecule has 1 saturated heterocycles. The Morgan fingerprint density at radius 3 is 2.33 bits per heavy atom. The number of carbonyl (C=O) groups excluding carboxylic acids is 2. The van der Waals surface area contributed by atoms with Crippen molar-refractivity contribution in [3.8, 4) is 0 Å². The lowest BCUT2D eigenvalue weighted by Crippen LogP contribution is -2.61. The highest BCUT2D eigenvalue weighted by Crippen LogP contribution is 2.32. The van der Waals surface area contributed by atoms with E-state index in [-0.39, 0.29) is 13.2 Å². The number of benzene rings is 1. The van der Waals surface area contributed by atoms with Crippen LogP contribution in [0.25, 0.3) is 0 Å². The Labute approximate surface area is 142 Å². The van der Waals surface area contributed by atoms with E-state index in [9.17, 15) is 14.7 Å². The number of rotatable bonds is 2. The van der Waals surface area contributed by atoms with Crippen LogP contribution in [0.5, 0.6) is 0 Å². The predicted octanol–water partition coefficient (Wildman–Crippen LogP) is 3.23. The number of quaternary nitrogens is 1. The quantitative estimate of drug-likeness (QED) is 0.840. The molecule has 2 amide bonds. The van der Waals surface area contributed by atoms with Crippen LogP contribution in [0.3, 0.4) is 0 Å². The van der Waals surface area contributed by atoms with Gasteiger partial charge in [-0.1, -0.05) is 30.3 Å². The number of aliphatic hydroxyl groups is 1. The molecule has 0 saturated carbocycles. The standard InChI is InChI=1S/C18H26NO5/c1-13-15(20)10-11-19(13,17(22)24-18(2,3)4)16(21)23-12-14-8-6-5-7-9-14/h5-9,13,15,20H,10-12H2,1-4H3/q+1/t13-,15?,19?/m1/s1. The monoisotopic (exact) mass is 336 g/mol. The Balaban J connectivity index is 2.20. The summed E-state index contributed by atoms with van der Waals surface area (Å²) in [6.07, 6.45) is -1.76. The molecule has 2 unspecified atom stereocenters. The minimum atomic E-state index is -0.748. The van der Waals surface area contributed by atoms with Crippen LogP contribution in [0.15, 0.2) is 30.3 Å². The molecule has 0 aromatic heterocycles. The molecule has 0 aliphatic carbocycles. The third-order valence-corrected chi connectivity index (χ3v) is 4.28. The fraction of sp³-hybridized carbons (Fsp3) is 0.556. The Kier molecular flexibility index (Phi) is 5.30. The lowest BCUT2D eigenvalue weighted by atomic mass is 10.2. The maximum absolute atomic E-state index is 12.8. The van der Waals surface area contributed by atoms with Crippen LogP contribution in [0.2, 0.25) is 0 Å². The zero-order chi connectivity index (χ0) is 18.0. The molecular weight excluding hydrogens is 310 g/mol. The summed E-state index contributed by atoms with van der Waals surface area (Å²) in [6, 6.07) is 8.65. The summed E-state index contributed by atoms with van der Waals surface area (Å²) in [4.78, 5) is 25.5. The summed E-state index contributed by atoms with van der Waals surface area (Å²) in [6.45, 7) is 7.15. The van der Waals surface area contributed by atoms with Gasteiger partial charge in [0.05, 0.1) is 0 Å². The number of aliphatic hydroxyl groups excluding tert-OH is 1. The number of nitrogens with zero attached hydrogens (tertiary/aromatic N) is 1. The molecule has 132 valence electrons. The topological polar surface area (TPSA) is 72.8 Å². The third kappa shape index (κ3) is 3.76. The van der Waals surface area contributed by atoms with Crippen molar-refractivity contribution in [2.24, 2.45) is 0 Å². The maximum Gasteiger partial charge on any atom is 0.527 e. The summed E-state index contributed by atoms with van der Waals surface area (Å²) in [5, 5.41) is 10.1. The molecule has 3 atom stereocenters. The second-order valence-electron chi connectivity index (χ2n) is 7.21. The number of imide groups is 1. The molecule has 1 heterocycles. The van der Waals surface area contributed by atoms with Crippen molar-refractivity contribution in [3.05, 3.63) is 35.9 Å². The smallest absolute Gasteiger partial charge is 0.415 e. The number of hydrogen-bond acceptors (Lipinski definition) is 5. The highest BCUT2D eigenvalue weighted by Gasteiger charge is 2.60. The first-order valence-corrected chi connectivity index (χ1v) is 8.17. The van der Waals surface area contributed by atoms with Crippen molar-refractivity contribution in [1.29, 1.82) is 0 Å². The van der Waals surface area contributed by atoms with E-state index in [1.807, 2.05) is 30.3 Å². The lowest BCUT2D eigenvalue weighted by molar-refractivity contribution is -0.799. The van der Waals surface area contributed by atoms with Crippen molar-refractivity contribution in [3.63, 3.8) is 0 Å². The normalized spacial score (nSPS) is 26.9. The molecule has 6 heteroatoms. The number of carbonyl (C=O) groups is 2. The fourth-order valence-electron chi connectivity index (χ4n) is 2.84. The van der Waals surface area contributed by atoms with Gasteiger partial charge in [0, 0.05) is 6.42 Å². The summed E-state index contributed by atoms with van der Waals surface area (Å²) in [7, 11) is 0. The van der Waals surface area contributed by atoms with E-state index in [1.165, 1.54) is 0 Å². The SMILES string of the molecule is C[C@@H]1C(O)CC[N+]1(C(=O)OCc1ccccc1)C(=O)OC(C)(C)C. The number of amides is 2. The van der Waals surface area contributed by atoms with Crippen LogP contribution < -0.4 is 0 Å². The van der Waals surface area contributed by atoms with Gasteiger partial charge in [-0.05, 0) is 33.3 Å². The summed E-state index contributed by atoms with van der Waals surface area (Å²) in [5.74, 6) is 0. The summed E-state index contributed by atoms with van der Waals surface area (Å²) >= 11 is 0. The second-order valence-corrected chi connectivity index (χ2v) is 7.21. The molecular formula is C18H26NO5+. The minimum Gasteiger partial charge on any atom is -0.415 e. The van der Waals surface area contributed by atoms with Gasteiger partial charge in [0.15, 0.2) is 0 Å². The highest BCUT2D eigenvalue weighted by atomic mass is 16.6.